The number of nitro benzene ring substituents is 1. The summed E-state index contributed by atoms with van der Waals surface area (Å²) in [5.74, 6) is -0.322. The molecule has 1 aromatic rings. The molecule has 98 valence electrons. The summed E-state index contributed by atoms with van der Waals surface area (Å²) in [7, 11) is 0. The normalized spacial score (nSPS) is 11.1. The third kappa shape index (κ3) is 3.53. The molecule has 0 saturated heterocycles. The van der Waals surface area contributed by atoms with Gasteiger partial charge in [-0.05, 0) is 42.3 Å². The Labute approximate surface area is 114 Å². The predicted molar refractivity (Wildman–Crippen MR) is 72.6 cm³/mol. The van der Waals surface area contributed by atoms with Gasteiger partial charge in [0.15, 0.2) is 0 Å². The van der Waals surface area contributed by atoms with Crippen molar-refractivity contribution >= 4 is 27.5 Å². The van der Waals surface area contributed by atoms with Crippen LogP contribution in [0.1, 0.15) is 37.6 Å². The molecule has 1 amide bonds. The first-order valence-electron chi connectivity index (χ1n) is 5.53. The van der Waals surface area contributed by atoms with Gasteiger partial charge >= 0.3 is 0 Å². The van der Waals surface area contributed by atoms with Gasteiger partial charge in [-0.2, -0.15) is 0 Å². The molecule has 6 heteroatoms. The van der Waals surface area contributed by atoms with Crippen LogP contribution in [0.15, 0.2) is 22.7 Å². The first-order chi connectivity index (χ1) is 8.26. The minimum Gasteiger partial charge on any atom is -0.347 e. The van der Waals surface area contributed by atoms with E-state index in [1.54, 1.807) is 0 Å². The maximum Gasteiger partial charge on any atom is 0.270 e. The molecule has 0 radical (unpaired) electrons. The molecule has 0 unspecified atom stereocenters. The van der Waals surface area contributed by atoms with Gasteiger partial charge in [0.05, 0.1) is 10.5 Å². The van der Waals surface area contributed by atoms with Gasteiger partial charge in [-0.3, -0.25) is 14.9 Å². The summed E-state index contributed by atoms with van der Waals surface area (Å²) in [6.07, 6.45) is 0.769. The summed E-state index contributed by atoms with van der Waals surface area (Å²) in [4.78, 5) is 22.2. The lowest BCUT2D eigenvalue weighted by atomic mass is 10.0. The van der Waals surface area contributed by atoms with Crippen molar-refractivity contribution in [2.24, 2.45) is 0 Å². The Morgan fingerprint density at radius 1 is 1.50 bits per heavy atom. The maximum atomic E-state index is 12.1. The number of carbonyl (C=O) groups is 1. The summed E-state index contributed by atoms with van der Waals surface area (Å²) in [6, 6.07) is 4.13. The van der Waals surface area contributed by atoms with Crippen LogP contribution >= 0.6 is 15.9 Å². The second-order valence-electron chi connectivity index (χ2n) is 4.61. The molecule has 1 N–H and O–H groups in total. The molecule has 0 spiro atoms. The first kappa shape index (κ1) is 14.6. The Balaban J connectivity index is 3.05. The highest BCUT2D eigenvalue weighted by molar-refractivity contribution is 9.10. The fraction of sp³-hybridized carbons (Fsp3) is 0.417. The van der Waals surface area contributed by atoms with Crippen molar-refractivity contribution in [3.05, 3.63) is 38.3 Å². The molecule has 0 aliphatic rings. The van der Waals surface area contributed by atoms with Gasteiger partial charge in [0.2, 0.25) is 0 Å². The summed E-state index contributed by atoms with van der Waals surface area (Å²) in [6.45, 7) is 5.76. The highest BCUT2D eigenvalue weighted by Crippen LogP contribution is 2.23. The number of nitrogens with zero attached hydrogens (tertiary/aromatic N) is 1. The Morgan fingerprint density at radius 3 is 2.61 bits per heavy atom. The number of nitrogens with one attached hydrogen (secondary N) is 1. The van der Waals surface area contributed by atoms with E-state index >= 15 is 0 Å². The molecule has 0 aromatic heterocycles. The molecule has 0 atom stereocenters. The summed E-state index contributed by atoms with van der Waals surface area (Å²) >= 11 is 3.23. The van der Waals surface area contributed by atoms with Crippen LogP contribution in [-0.4, -0.2) is 16.4 Å². The third-order valence-electron chi connectivity index (χ3n) is 2.74. The average molecular weight is 315 g/mol. The van der Waals surface area contributed by atoms with E-state index in [0.29, 0.717) is 4.47 Å². The number of non-ortho nitro benzene ring substituents is 1. The van der Waals surface area contributed by atoms with Gasteiger partial charge in [0.25, 0.3) is 11.6 Å². The first-order valence-corrected chi connectivity index (χ1v) is 6.32. The summed E-state index contributed by atoms with van der Waals surface area (Å²) < 4.78 is 0.539. The molecule has 1 aromatic carbocycles. The molecule has 0 fully saturated rings. The van der Waals surface area contributed by atoms with Gasteiger partial charge in [-0.1, -0.05) is 6.92 Å². The lowest BCUT2D eigenvalue weighted by molar-refractivity contribution is -0.384. The lowest BCUT2D eigenvalue weighted by Crippen LogP contribution is -2.42. The predicted octanol–water partition coefficient (Wildman–Crippen LogP) is 3.28. The molecule has 0 saturated carbocycles. The number of halogens is 1. The van der Waals surface area contributed by atoms with E-state index in [-0.39, 0.29) is 22.7 Å². The number of nitro groups is 1. The Morgan fingerprint density at radius 2 is 2.11 bits per heavy atom. The molecule has 0 heterocycles. The highest BCUT2D eigenvalue weighted by atomic mass is 79.9. The van der Waals surface area contributed by atoms with Crippen LogP contribution in [-0.2, 0) is 0 Å². The second kappa shape index (κ2) is 5.48. The van der Waals surface area contributed by atoms with Gasteiger partial charge < -0.3 is 5.32 Å². The Bertz CT molecular complexity index is 486. The molecule has 0 aliphatic carbocycles. The minimum atomic E-state index is -0.520. The highest BCUT2D eigenvalue weighted by Gasteiger charge is 2.22. The van der Waals surface area contributed by atoms with Gasteiger partial charge in [0.1, 0.15) is 0 Å². The van der Waals surface area contributed by atoms with E-state index in [1.807, 2.05) is 20.8 Å². The zero-order valence-corrected chi connectivity index (χ0v) is 12.1. The van der Waals surface area contributed by atoms with Crippen molar-refractivity contribution in [2.75, 3.05) is 0 Å². The van der Waals surface area contributed by atoms with Gasteiger partial charge in [0, 0.05) is 22.1 Å². The van der Waals surface area contributed by atoms with Crippen molar-refractivity contribution in [2.45, 2.75) is 32.7 Å². The number of benzene rings is 1. The lowest BCUT2D eigenvalue weighted by Gasteiger charge is -2.24. The number of amides is 1. The topological polar surface area (TPSA) is 72.2 Å². The third-order valence-corrected chi connectivity index (χ3v) is 3.43. The van der Waals surface area contributed by atoms with Crippen molar-refractivity contribution in [1.29, 1.82) is 0 Å². The fourth-order valence-corrected chi connectivity index (χ4v) is 1.69. The van der Waals surface area contributed by atoms with Crippen molar-refractivity contribution in [3.8, 4) is 0 Å². The number of carbonyl (C=O) groups excluding carboxylic acids is 1. The van der Waals surface area contributed by atoms with Gasteiger partial charge in [-0.25, -0.2) is 0 Å². The molecule has 1 rings (SSSR count). The summed E-state index contributed by atoms with van der Waals surface area (Å²) in [5, 5.41) is 13.5. The van der Waals surface area contributed by atoms with Crippen LogP contribution in [0.5, 0.6) is 0 Å². The molecular formula is C12H15BrN2O3. The van der Waals surface area contributed by atoms with Gasteiger partial charge in [-0.15, -0.1) is 0 Å². The SMILES string of the molecule is CCC(C)(C)NC(=O)c1cc([N+](=O)[O-])ccc1Br. The fourth-order valence-electron chi connectivity index (χ4n) is 1.26. The van der Waals surface area contributed by atoms with Crippen LogP contribution < -0.4 is 5.32 Å². The minimum absolute atomic E-state index is 0.0994. The number of hydrogen-bond acceptors (Lipinski definition) is 3. The molecule has 0 bridgehead atoms. The van der Waals surface area contributed by atoms with Crippen LogP contribution in [0.3, 0.4) is 0 Å². The Kier molecular flexibility index (Phi) is 4.45. The average Bonchev–Trinajstić information content (AvgIpc) is 2.28. The maximum absolute atomic E-state index is 12.1. The van der Waals surface area contributed by atoms with E-state index in [4.69, 9.17) is 0 Å². The van der Waals surface area contributed by atoms with Crippen molar-refractivity contribution < 1.29 is 9.72 Å². The van der Waals surface area contributed by atoms with Crippen LogP contribution in [0.2, 0.25) is 0 Å². The zero-order valence-electron chi connectivity index (χ0n) is 10.5. The molecule has 5 nitrogen and oxygen atoms in total. The quantitative estimate of drug-likeness (QED) is 0.684. The molecular weight excluding hydrogens is 300 g/mol. The van der Waals surface area contributed by atoms with E-state index in [1.165, 1.54) is 18.2 Å². The van der Waals surface area contributed by atoms with E-state index < -0.39 is 4.92 Å². The van der Waals surface area contributed by atoms with Crippen LogP contribution in [0.25, 0.3) is 0 Å². The van der Waals surface area contributed by atoms with E-state index in [0.717, 1.165) is 6.42 Å². The van der Waals surface area contributed by atoms with Crippen molar-refractivity contribution in [3.63, 3.8) is 0 Å². The Hall–Kier alpha value is -1.43. The largest absolute Gasteiger partial charge is 0.347 e. The number of hydrogen-bond donors (Lipinski definition) is 1. The monoisotopic (exact) mass is 314 g/mol. The van der Waals surface area contributed by atoms with Crippen LogP contribution in [0, 0.1) is 10.1 Å². The summed E-state index contributed by atoms with van der Waals surface area (Å²) in [5.41, 5.74) is -0.176. The van der Waals surface area contributed by atoms with E-state index in [2.05, 4.69) is 21.2 Å². The standard InChI is InChI=1S/C12H15BrN2O3/c1-4-12(2,3)14-11(16)9-7-8(15(17)18)5-6-10(9)13/h5-7H,4H2,1-3H3,(H,14,16). The van der Waals surface area contributed by atoms with Crippen molar-refractivity contribution in [1.82, 2.24) is 5.32 Å². The smallest absolute Gasteiger partial charge is 0.270 e. The number of rotatable bonds is 4. The van der Waals surface area contributed by atoms with Crippen LogP contribution in [0.4, 0.5) is 5.69 Å². The van der Waals surface area contributed by atoms with E-state index in [9.17, 15) is 14.9 Å². The zero-order chi connectivity index (χ0) is 13.9. The molecule has 18 heavy (non-hydrogen) atoms. The second-order valence-corrected chi connectivity index (χ2v) is 5.47. The molecule has 0 aliphatic heterocycles.